The number of ether oxygens (including phenoxy) is 2. The Labute approximate surface area is 175 Å². The Morgan fingerprint density at radius 1 is 1.07 bits per heavy atom. The van der Waals surface area contributed by atoms with Gasteiger partial charge in [0.1, 0.15) is 5.82 Å². The van der Waals surface area contributed by atoms with E-state index in [9.17, 15) is 4.79 Å². The molecule has 30 heavy (non-hydrogen) atoms. The zero-order chi connectivity index (χ0) is 20.8. The van der Waals surface area contributed by atoms with E-state index in [1.165, 1.54) is 7.11 Å². The minimum Gasteiger partial charge on any atom is -0.465 e. The van der Waals surface area contributed by atoms with Crippen molar-refractivity contribution in [2.75, 3.05) is 38.3 Å². The molecular weight excluding hydrogens is 378 g/mol. The molecule has 1 aliphatic heterocycles. The van der Waals surface area contributed by atoms with Gasteiger partial charge in [-0.15, -0.1) is 0 Å². The molecule has 4 rings (SSSR count). The molecule has 0 saturated carbocycles. The van der Waals surface area contributed by atoms with Crippen LogP contribution in [0.15, 0.2) is 60.9 Å². The summed E-state index contributed by atoms with van der Waals surface area (Å²) in [5.74, 6) is 6.60. The lowest BCUT2D eigenvalue weighted by atomic mass is 10.1. The molecule has 3 heterocycles. The lowest BCUT2D eigenvalue weighted by Gasteiger charge is -2.28. The molecule has 0 unspecified atom stereocenters. The molecule has 1 saturated heterocycles. The van der Waals surface area contributed by atoms with Crippen LogP contribution in [0.4, 0.5) is 5.82 Å². The summed E-state index contributed by atoms with van der Waals surface area (Å²) in [6.07, 6.45) is 3.46. The Morgan fingerprint density at radius 2 is 1.83 bits per heavy atom. The number of nitrogens with zero attached hydrogens (tertiary/aromatic N) is 3. The third-order valence-corrected chi connectivity index (χ3v) is 4.76. The number of methoxy groups -OCH3 is 1. The van der Waals surface area contributed by atoms with Crippen molar-refractivity contribution in [1.29, 1.82) is 0 Å². The minimum absolute atomic E-state index is 0.382. The van der Waals surface area contributed by atoms with Crippen LogP contribution in [0.1, 0.15) is 21.5 Å². The molecule has 3 aromatic rings. The molecule has 0 atom stereocenters. The van der Waals surface area contributed by atoms with Crippen LogP contribution in [0.5, 0.6) is 0 Å². The third kappa shape index (κ3) is 4.65. The molecule has 2 aromatic heterocycles. The largest absolute Gasteiger partial charge is 0.465 e. The highest BCUT2D eigenvalue weighted by molar-refractivity contribution is 5.91. The van der Waals surface area contributed by atoms with E-state index in [1.54, 1.807) is 24.5 Å². The van der Waals surface area contributed by atoms with Crippen LogP contribution < -0.4 is 4.90 Å². The zero-order valence-corrected chi connectivity index (χ0v) is 16.7. The zero-order valence-electron chi connectivity index (χ0n) is 16.7. The predicted octanol–water partition coefficient (Wildman–Crippen LogP) is 3.17. The van der Waals surface area contributed by atoms with Gasteiger partial charge in [-0.05, 0) is 36.4 Å². The number of carbonyl (C=O) groups excluding carboxylic acids is 1. The van der Waals surface area contributed by atoms with Crippen molar-refractivity contribution in [3.63, 3.8) is 0 Å². The van der Waals surface area contributed by atoms with Gasteiger partial charge >= 0.3 is 5.97 Å². The summed E-state index contributed by atoms with van der Waals surface area (Å²) in [5, 5.41) is 0. The van der Waals surface area contributed by atoms with Crippen LogP contribution in [0, 0.1) is 11.8 Å². The molecule has 0 radical (unpaired) electrons. The van der Waals surface area contributed by atoms with Gasteiger partial charge in [-0.3, -0.25) is 4.98 Å². The van der Waals surface area contributed by atoms with Crippen molar-refractivity contribution < 1.29 is 14.3 Å². The second-order valence-corrected chi connectivity index (χ2v) is 6.76. The van der Waals surface area contributed by atoms with Crippen LogP contribution in [0.2, 0.25) is 0 Å². The van der Waals surface area contributed by atoms with E-state index in [2.05, 4.69) is 21.7 Å². The summed E-state index contributed by atoms with van der Waals surface area (Å²) >= 11 is 0. The van der Waals surface area contributed by atoms with Crippen molar-refractivity contribution in [2.24, 2.45) is 0 Å². The first-order valence-corrected chi connectivity index (χ1v) is 9.68. The number of esters is 1. The number of hydrogen-bond donors (Lipinski definition) is 0. The highest BCUT2D eigenvalue weighted by Crippen LogP contribution is 2.24. The summed E-state index contributed by atoms with van der Waals surface area (Å²) < 4.78 is 10.4. The van der Waals surface area contributed by atoms with Crippen LogP contribution in [-0.4, -0.2) is 49.4 Å². The van der Waals surface area contributed by atoms with Crippen molar-refractivity contribution >= 4 is 11.8 Å². The Balaban J connectivity index is 1.63. The van der Waals surface area contributed by atoms with Gasteiger partial charge in [0.15, 0.2) is 0 Å². The minimum atomic E-state index is -0.382. The van der Waals surface area contributed by atoms with Crippen molar-refractivity contribution in [3.05, 3.63) is 77.6 Å². The second-order valence-electron chi connectivity index (χ2n) is 6.76. The van der Waals surface area contributed by atoms with Gasteiger partial charge in [0, 0.05) is 42.2 Å². The molecule has 0 N–H and O–H groups in total. The Bertz CT molecular complexity index is 1080. The van der Waals surface area contributed by atoms with Gasteiger partial charge in [-0.25, -0.2) is 9.78 Å². The molecule has 150 valence electrons. The van der Waals surface area contributed by atoms with Gasteiger partial charge in [0.2, 0.25) is 0 Å². The topological polar surface area (TPSA) is 64.5 Å². The molecule has 6 heteroatoms. The Hall–Kier alpha value is -3.69. The predicted molar refractivity (Wildman–Crippen MR) is 114 cm³/mol. The maximum absolute atomic E-state index is 12.2. The molecular formula is C24H21N3O3. The normalized spacial score (nSPS) is 13.3. The van der Waals surface area contributed by atoms with E-state index in [0.29, 0.717) is 24.5 Å². The number of carbonyl (C=O) groups is 1. The number of benzene rings is 1. The van der Waals surface area contributed by atoms with Crippen molar-refractivity contribution in [3.8, 4) is 23.1 Å². The third-order valence-electron chi connectivity index (χ3n) is 4.76. The van der Waals surface area contributed by atoms with Gasteiger partial charge in [0.05, 0.1) is 31.6 Å². The molecule has 1 fully saturated rings. The number of rotatable bonds is 3. The quantitative estimate of drug-likeness (QED) is 0.498. The smallest absolute Gasteiger partial charge is 0.338 e. The number of aromatic nitrogens is 2. The van der Waals surface area contributed by atoms with Crippen LogP contribution in [0.25, 0.3) is 11.3 Å². The van der Waals surface area contributed by atoms with Gasteiger partial charge in [-0.1, -0.05) is 24.0 Å². The van der Waals surface area contributed by atoms with Crippen LogP contribution >= 0.6 is 0 Å². The fourth-order valence-corrected chi connectivity index (χ4v) is 3.16. The molecule has 0 spiro atoms. The summed E-state index contributed by atoms with van der Waals surface area (Å²) in [5.41, 5.74) is 3.85. The SMILES string of the molecule is COC(=O)c1cc(-c2ccc(C#Cc3cccnc3)cc2)nc(N2CCOCC2)c1. The van der Waals surface area contributed by atoms with Gasteiger partial charge in [0.25, 0.3) is 0 Å². The van der Waals surface area contributed by atoms with Crippen molar-refractivity contribution in [2.45, 2.75) is 0 Å². The molecule has 0 bridgehead atoms. The Kier molecular flexibility index (Phi) is 6.02. The van der Waals surface area contributed by atoms with Gasteiger partial charge < -0.3 is 14.4 Å². The summed E-state index contributed by atoms with van der Waals surface area (Å²) in [6, 6.07) is 15.1. The first-order valence-electron chi connectivity index (χ1n) is 9.68. The lowest BCUT2D eigenvalue weighted by molar-refractivity contribution is 0.0600. The number of anilines is 1. The van der Waals surface area contributed by atoms with E-state index >= 15 is 0 Å². The monoisotopic (exact) mass is 399 g/mol. The van der Waals surface area contributed by atoms with E-state index in [0.717, 1.165) is 35.6 Å². The maximum Gasteiger partial charge on any atom is 0.338 e. The first kappa shape index (κ1) is 19.6. The second kappa shape index (κ2) is 9.21. The fraction of sp³-hybridized carbons (Fsp3) is 0.208. The number of morpholine rings is 1. The standard InChI is InChI=1S/C24H21N3O3/c1-29-24(28)21-15-22(26-23(16-21)27-11-13-30-14-12-27)20-8-6-18(7-9-20)4-5-19-3-2-10-25-17-19/h2-3,6-10,15-17H,11-14H2,1H3. The molecule has 0 aliphatic carbocycles. The number of pyridine rings is 2. The van der Waals surface area contributed by atoms with E-state index in [-0.39, 0.29) is 5.97 Å². The summed E-state index contributed by atoms with van der Waals surface area (Å²) in [6.45, 7) is 2.76. The van der Waals surface area contributed by atoms with E-state index in [1.807, 2.05) is 36.4 Å². The van der Waals surface area contributed by atoms with E-state index < -0.39 is 0 Å². The van der Waals surface area contributed by atoms with Gasteiger partial charge in [-0.2, -0.15) is 0 Å². The average molecular weight is 399 g/mol. The molecule has 1 aromatic carbocycles. The fourth-order valence-electron chi connectivity index (χ4n) is 3.16. The van der Waals surface area contributed by atoms with Crippen molar-refractivity contribution in [1.82, 2.24) is 9.97 Å². The average Bonchev–Trinajstić information content (AvgIpc) is 2.83. The lowest BCUT2D eigenvalue weighted by Crippen LogP contribution is -2.36. The Morgan fingerprint density at radius 3 is 2.53 bits per heavy atom. The number of hydrogen-bond acceptors (Lipinski definition) is 6. The van der Waals surface area contributed by atoms with E-state index in [4.69, 9.17) is 14.5 Å². The van der Waals surface area contributed by atoms with Crippen LogP contribution in [0.3, 0.4) is 0 Å². The summed E-state index contributed by atoms with van der Waals surface area (Å²) in [7, 11) is 1.38. The highest BCUT2D eigenvalue weighted by Gasteiger charge is 2.17. The highest BCUT2D eigenvalue weighted by atomic mass is 16.5. The molecule has 6 nitrogen and oxygen atoms in total. The summed E-state index contributed by atoms with van der Waals surface area (Å²) in [4.78, 5) is 23.2. The van der Waals surface area contributed by atoms with Crippen LogP contribution in [-0.2, 0) is 9.47 Å². The first-order chi connectivity index (χ1) is 14.7. The molecule has 1 aliphatic rings. The molecule has 0 amide bonds. The maximum atomic E-state index is 12.2.